The van der Waals surface area contributed by atoms with Gasteiger partial charge >= 0.3 is 0 Å². The van der Waals surface area contributed by atoms with Crippen LogP contribution in [0.5, 0.6) is 0 Å². The Balaban J connectivity index is 1.94. The lowest BCUT2D eigenvalue weighted by Gasteiger charge is -2.31. The molecule has 1 aliphatic heterocycles. The number of piperazine rings is 1. The van der Waals surface area contributed by atoms with E-state index in [9.17, 15) is 9.59 Å². The number of aromatic nitrogens is 1. The van der Waals surface area contributed by atoms with Crippen LogP contribution in [0.4, 0.5) is 0 Å². The van der Waals surface area contributed by atoms with Crippen LogP contribution in [-0.4, -0.2) is 53.3 Å². The molecule has 17 heavy (non-hydrogen) atoms. The van der Waals surface area contributed by atoms with E-state index in [1.807, 2.05) is 12.3 Å². The van der Waals surface area contributed by atoms with E-state index in [0.29, 0.717) is 19.5 Å². The Morgan fingerprint density at radius 1 is 1.53 bits per heavy atom. The highest BCUT2D eigenvalue weighted by atomic mass is 32.1. The zero-order valence-electron chi connectivity index (χ0n) is 9.97. The van der Waals surface area contributed by atoms with Crippen molar-refractivity contribution < 1.29 is 9.59 Å². The molecule has 5 nitrogen and oxygen atoms in total. The van der Waals surface area contributed by atoms with E-state index in [1.165, 1.54) is 11.3 Å². The van der Waals surface area contributed by atoms with Crippen molar-refractivity contribution >= 4 is 23.2 Å². The van der Waals surface area contributed by atoms with Crippen LogP contribution < -0.4 is 0 Å². The monoisotopic (exact) mass is 253 g/mol. The average molecular weight is 253 g/mol. The van der Waals surface area contributed by atoms with Crippen LogP contribution in [0, 0.1) is 6.92 Å². The number of hydrogen-bond donors (Lipinski definition) is 0. The smallest absolute Gasteiger partial charge is 0.241 e. The summed E-state index contributed by atoms with van der Waals surface area (Å²) in [6, 6.07) is 0. The van der Waals surface area contributed by atoms with E-state index in [2.05, 4.69) is 4.98 Å². The molecule has 2 amide bonds. The third kappa shape index (κ3) is 2.82. The predicted molar refractivity (Wildman–Crippen MR) is 64.8 cm³/mol. The van der Waals surface area contributed by atoms with Crippen molar-refractivity contribution in [2.75, 3.05) is 26.7 Å². The number of aryl methyl sites for hydroxylation is 1. The van der Waals surface area contributed by atoms with Crippen molar-refractivity contribution in [1.82, 2.24) is 14.8 Å². The summed E-state index contributed by atoms with van der Waals surface area (Å²) in [6.45, 7) is 3.33. The molecule has 2 rings (SSSR count). The van der Waals surface area contributed by atoms with Crippen molar-refractivity contribution in [2.24, 2.45) is 0 Å². The maximum Gasteiger partial charge on any atom is 0.241 e. The number of carbonyl (C=O) groups excluding carboxylic acids is 2. The number of hydrogen-bond acceptors (Lipinski definition) is 4. The number of amides is 2. The van der Waals surface area contributed by atoms with Gasteiger partial charge in [-0.05, 0) is 6.92 Å². The number of thiazole rings is 1. The molecule has 1 saturated heterocycles. The maximum atomic E-state index is 11.9. The Morgan fingerprint density at radius 2 is 2.29 bits per heavy atom. The predicted octanol–water partition coefficient (Wildman–Crippen LogP) is 0.295. The lowest BCUT2D eigenvalue weighted by molar-refractivity contribution is -0.143. The van der Waals surface area contributed by atoms with Gasteiger partial charge in [0.05, 0.1) is 23.7 Å². The van der Waals surface area contributed by atoms with Crippen molar-refractivity contribution in [3.8, 4) is 0 Å². The zero-order valence-corrected chi connectivity index (χ0v) is 10.8. The Labute approximate surface area is 104 Å². The Hall–Kier alpha value is -1.43. The molecule has 6 heteroatoms. The summed E-state index contributed by atoms with van der Waals surface area (Å²) in [5, 5.41) is 2.85. The molecule has 1 aromatic rings. The summed E-state index contributed by atoms with van der Waals surface area (Å²) in [4.78, 5) is 30.9. The molecule has 0 spiro atoms. The maximum absolute atomic E-state index is 11.9. The normalized spacial score (nSPS) is 16.5. The third-order valence-electron chi connectivity index (χ3n) is 2.81. The fourth-order valence-electron chi connectivity index (χ4n) is 1.73. The minimum Gasteiger partial charge on any atom is -0.342 e. The van der Waals surface area contributed by atoms with E-state index in [4.69, 9.17) is 0 Å². The molecule has 0 saturated carbocycles. The summed E-state index contributed by atoms with van der Waals surface area (Å²) in [7, 11) is 1.76. The van der Waals surface area contributed by atoms with Gasteiger partial charge < -0.3 is 9.80 Å². The molecule has 0 aliphatic carbocycles. The van der Waals surface area contributed by atoms with Crippen LogP contribution in [-0.2, 0) is 16.0 Å². The first-order chi connectivity index (χ1) is 8.06. The molecule has 0 aromatic carbocycles. The van der Waals surface area contributed by atoms with Crippen molar-refractivity contribution in [3.63, 3.8) is 0 Å². The Morgan fingerprint density at radius 3 is 2.88 bits per heavy atom. The minimum absolute atomic E-state index is 0.000872. The van der Waals surface area contributed by atoms with Crippen molar-refractivity contribution in [2.45, 2.75) is 13.3 Å². The van der Waals surface area contributed by atoms with E-state index >= 15 is 0 Å². The standard InChI is InChI=1S/C11H15N3O2S/c1-8-12-9(7-17-8)5-10(15)14-4-3-13(2)11(16)6-14/h7H,3-6H2,1-2H3. The summed E-state index contributed by atoms with van der Waals surface area (Å²) in [6.07, 6.45) is 0.293. The summed E-state index contributed by atoms with van der Waals surface area (Å²) in [5.74, 6) is -0.0178. The molecule has 92 valence electrons. The molecule has 1 aliphatic rings. The first kappa shape index (κ1) is 12.0. The van der Waals surface area contributed by atoms with Gasteiger partial charge in [0.1, 0.15) is 0 Å². The number of likely N-dealkylation sites (N-methyl/N-ethyl adjacent to an activating group) is 1. The van der Waals surface area contributed by atoms with Crippen LogP contribution >= 0.6 is 11.3 Å². The lowest BCUT2D eigenvalue weighted by Crippen LogP contribution is -2.51. The lowest BCUT2D eigenvalue weighted by atomic mass is 10.2. The second kappa shape index (κ2) is 4.83. The van der Waals surface area contributed by atoms with Gasteiger partial charge in [-0.2, -0.15) is 0 Å². The number of nitrogens with zero attached hydrogens (tertiary/aromatic N) is 3. The molecule has 0 N–H and O–H groups in total. The molecule has 1 fully saturated rings. The SMILES string of the molecule is Cc1nc(CC(=O)N2CCN(C)C(=O)C2)cs1. The highest BCUT2D eigenvalue weighted by Crippen LogP contribution is 2.10. The van der Waals surface area contributed by atoms with Gasteiger partial charge in [0, 0.05) is 25.5 Å². The van der Waals surface area contributed by atoms with Gasteiger partial charge in [0.2, 0.25) is 11.8 Å². The van der Waals surface area contributed by atoms with Crippen molar-refractivity contribution in [3.05, 3.63) is 16.1 Å². The quantitative estimate of drug-likeness (QED) is 0.761. The first-order valence-corrected chi connectivity index (χ1v) is 6.37. The third-order valence-corrected chi connectivity index (χ3v) is 3.63. The summed E-state index contributed by atoms with van der Waals surface area (Å²) in [5.41, 5.74) is 0.795. The molecule has 1 aromatic heterocycles. The second-order valence-corrected chi connectivity index (χ2v) is 5.23. The van der Waals surface area contributed by atoms with Crippen LogP contribution in [0.2, 0.25) is 0 Å². The van der Waals surface area contributed by atoms with Gasteiger partial charge in [-0.25, -0.2) is 4.98 Å². The highest BCUT2D eigenvalue weighted by Gasteiger charge is 2.24. The van der Waals surface area contributed by atoms with Gasteiger partial charge in [-0.3, -0.25) is 9.59 Å². The van der Waals surface area contributed by atoms with Gasteiger partial charge in [0.15, 0.2) is 0 Å². The molecule has 2 heterocycles. The minimum atomic E-state index is -0.0169. The molecular formula is C11H15N3O2S. The van der Waals surface area contributed by atoms with E-state index in [0.717, 1.165) is 10.7 Å². The van der Waals surface area contributed by atoms with Crippen LogP contribution in [0.25, 0.3) is 0 Å². The molecule has 0 unspecified atom stereocenters. The molecular weight excluding hydrogens is 238 g/mol. The van der Waals surface area contributed by atoms with Gasteiger partial charge in [0.25, 0.3) is 0 Å². The van der Waals surface area contributed by atoms with E-state index < -0.39 is 0 Å². The van der Waals surface area contributed by atoms with Crippen molar-refractivity contribution in [1.29, 1.82) is 0 Å². The van der Waals surface area contributed by atoms with Crippen LogP contribution in [0.3, 0.4) is 0 Å². The number of rotatable bonds is 2. The Kier molecular flexibility index (Phi) is 3.42. The summed E-state index contributed by atoms with van der Waals surface area (Å²) < 4.78 is 0. The van der Waals surface area contributed by atoms with Gasteiger partial charge in [-0.15, -0.1) is 11.3 Å². The van der Waals surface area contributed by atoms with Gasteiger partial charge in [-0.1, -0.05) is 0 Å². The highest BCUT2D eigenvalue weighted by molar-refractivity contribution is 7.09. The van der Waals surface area contributed by atoms with E-state index in [-0.39, 0.29) is 18.4 Å². The molecule has 0 atom stereocenters. The van der Waals surface area contributed by atoms with E-state index in [1.54, 1.807) is 16.8 Å². The number of carbonyl (C=O) groups is 2. The fourth-order valence-corrected chi connectivity index (χ4v) is 2.34. The van der Waals surface area contributed by atoms with Crippen LogP contribution in [0.15, 0.2) is 5.38 Å². The summed E-state index contributed by atoms with van der Waals surface area (Å²) >= 11 is 1.54. The zero-order chi connectivity index (χ0) is 12.4. The largest absolute Gasteiger partial charge is 0.342 e. The topological polar surface area (TPSA) is 53.5 Å². The first-order valence-electron chi connectivity index (χ1n) is 5.49. The Bertz CT molecular complexity index is 444. The molecule has 0 radical (unpaired) electrons. The average Bonchev–Trinajstić information content (AvgIpc) is 2.68. The van der Waals surface area contributed by atoms with Crippen LogP contribution in [0.1, 0.15) is 10.7 Å². The second-order valence-electron chi connectivity index (χ2n) is 4.17. The fraction of sp³-hybridized carbons (Fsp3) is 0.545. The molecule has 0 bridgehead atoms.